The largest absolute Gasteiger partial charge is 0.486 e. The molecule has 0 aliphatic rings. The van der Waals surface area contributed by atoms with Gasteiger partial charge in [0.15, 0.2) is 0 Å². The van der Waals surface area contributed by atoms with Crippen molar-refractivity contribution in [2.45, 2.75) is 13.5 Å². The standard InChI is InChI=1S/C11H9BrN2O4/c1-6-9(14-18-13-6)5-17-10-3-2-7(11(15)16)4-8(10)12/h2-4H,5H2,1H3,(H,15,16). The molecule has 18 heavy (non-hydrogen) atoms. The third kappa shape index (κ3) is 2.67. The van der Waals surface area contributed by atoms with Gasteiger partial charge in [0, 0.05) is 0 Å². The zero-order valence-corrected chi connectivity index (χ0v) is 11.0. The summed E-state index contributed by atoms with van der Waals surface area (Å²) in [4.78, 5) is 10.8. The normalized spacial score (nSPS) is 10.3. The minimum absolute atomic E-state index is 0.188. The van der Waals surface area contributed by atoms with Gasteiger partial charge in [-0.25, -0.2) is 9.42 Å². The Hall–Kier alpha value is -1.89. The van der Waals surface area contributed by atoms with Gasteiger partial charge in [0.1, 0.15) is 23.7 Å². The smallest absolute Gasteiger partial charge is 0.335 e. The molecule has 0 saturated carbocycles. The molecule has 94 valence electrons. The van der Waals surface area contributed by atoms with Gasteiger partial charge < -0.3 is 9.84 Å². The monoisotopic (exact) mass is 312 g/mol. The average molecular weight is 313 g/mol. The molecule has 0 aliphatic heterocycles. The van der Waals surface area contributed by atoms with E-state index >= 15 is 0 Å². The first-order valence-corrected chi connectivity index (χ1v) is 5.81. The van der Waals surface area contributed by atoms with Gasteiger partial charge >= 0.3 is 5.97 Å². The van der Waals surface area contributed by atoms with E-state index < -0.39 is 5.97 Å². The summed E-state index contributed by atoms with van der Waals surface area (Å²) in [6.07, 6.45) is 0. The molecule has 2 aromatic rings. The van der Waals surface area contributed by atoms with Gasteiger partial charge in [-0.2, -0.15) is 0 Å². The molecule has 0 saturated heterocycles. The Kier molecular flexibility index (Phi) is 3.61. The first-order chi connectivity index (χ1) is 8.58. The molecule has 0 spiro atoms. The molecule has 7 heteroatoms. The van der Waals surface area contributed by atoms with E-state index in [0.717, 1.165) is 0 Å². The van der Waals surface area contributed by atoms with E-state index in [0.29, 0.717) is 21.6 Å². The van der Waals surface area contributed by atoms with Crippen LogP contribution in [0.4, 0.5) is 0 Å². The number of aromatic nitrogens is 2. The van der Waals surface area contributed by atoms with E-state index in [1.54, 1.807) is 13.0 Å². The predicted octanol–water partition coefficient (Wildman–Crippen LogP) is 2.42. The molecular weight excluding hydrogens is 304 g/mol. The van der Waals surface area contributed by atoms with Crippen molar-refractivity contribution < 1.29 is 19.3 Å². The molecule has 1 heterocycles. The minimum Gasteiger partial charge on any atom is -0.486 e. The predicted molar refractivity (Wildman–Crippen MR) is 64.5 cm³/mol. The quantitative estimate of drug-likeness (QED) is 0.933. The molecule has 0 radical (unpaired) electrons. The van der Waals surface area contributed by atoms with Crippen molar-refractivity contribution >= 4 is 21.9 Å². The van der Waals surface area contributed by atoms with Crippen molar-refractivity contribution in [3.63, 3.8) is 0 Å². The molecule has 0 atom stereocenters. The molecule has 1 aromatic carbocycles. The lowest BCUT2D eigenvalue weighted by atomic mass is 10.2. The molecule has 1 N–H and O–H groups in total. The van der Waals surface area contributed by atoms with Crippen molar-refractivity contribution in [1.29, 1.82) is 0 Å². The maximum atomic E-state index is 10.8. The van der Waals surface area contributed by atoms with Crippen LogP contribution in [0.2, 0.25) is 0 Å². The number of halogens is 1. The summed E-state index contributed by atoms with van der Waals surface area (Å²) in [7, 11) is 0. The van der Waals surface area contributed by atoms with Crippen LogP contribution in [0.15, 0.2) is 27.3 Å². The fraction of sp³-hybridized carbons (Fsp3) is 0.182. The van der Waals surface area contributed by atoms with Crippen LogP contribution in [0.5, 0.6) is 5.75 Å². The van der Waals surface area contributed by atoms with Crippen molar-refractivity contribution in [1.82, 2.24) is 10.3 Å². The summed E-state index contributed by atoms with van der Waals surface area (Å²) in [6, 6.07) is 4.53. The number of nitrogens with zero attached hydrogens (tertiary/aromatic N) is 2. The number of carbonyl (C=O) groups is 1. The molecule has 0 amide bonds. The highest BCUT2D eigenvalue weighted by atomic mass is 79.9. The van der Waals surface area contributed by atoms with Gasteiger partial charge in [-0.05, 0) is 41.1 Å². The summed E-state index contributed by atoms with van der Waals surface area (Å²) in [5.74, 6) is -0.457. The second kappa shape index (κ2) is 5.18. The third-order valence-corrected chi connectivity index (χ3v) is 2.91. The van der Waals surface area contributed by atoms with Crippen LogP contribution >= 0.6 is 15.9 Å². The third-order valence-electron chi connectivity index (χ3n) is 2.29. The number of hydrogen-bond donors (Lipinski definition) is 1. The van der Waals surface area contributed by atoms with Crippen LogP contribution in [-0.2, 0) is 6.61 Å². The Labute approximate surface area is 111 Å². The average Bonchev–Trinajstić information content (AvgIpc) is 2.73. The lowest BCUT2D eigenvalue weighted by Gasteiger charge is -2.07. The van der Waals surface area contributed by atoms with Crippen LogP contribution in [0, 0.1) is 6.92 Å². The number of rotatable bonds is 4. The number of benzene rings is 1. The second-order valence-electron chi connectivity index (χ2n) is 3.54. The Morgan fingerprint density at radius 1 is 1.50 bits per heavy atom. The number of aryl methyl sites for hydroxylation is 1. The van der Waals surface area contributed by atoms with E-state index in [2.05, 4.69) is 30.9 Å². The molecule has 6 nitrogen and oxygen atoms in total. The molecule has 0 fully saturated rings. The highest BCUT2D eigenvalue weighted by molar-refractivity contribution is 9.10. The van der Waals surface area contributed by atoms with E-state index in [9.17, 15) is 4.79 Å². The van der Waals surface area contributed by atoms with Gasteiger partial charge in [0.05, 0.1) is 10.0 Å². The summed E-state index contributed by atoms with van der Waals surface area (Å²) in [5, 5.41) is 16.1. The second-order valence-corrected chi connectivity index (χ2v) is 4.39. The maximum Gasteiger partial charge on any atom is 0.335 e. The van der Waals surface area contributed by atoms with Crippen LogP contribution < -0.4 is 4.74 Å². The topological polar surface area (TPSA) is 85.5 Å². The van der Waals surface area contributed by atoms with Crippen molar-refractivity contribution in [2.24, 2.45) is 0 Å². The Balaban J connectivity index is 2.11. The molecule has 0 aliphatic carbocycles. The molecule has 1 aromatic heterocycles. The SMILES string of the molecule is Cc1nonc1COc1ccc(C(=O)O)cc1Br. The van der Waals surface area contributed by atoms with Gasteiger partial charge in [-0.1, -0.05) is 10.3 Å². The Morgan fingerprint density at radius 2 is 2.28 bits per heavy atom. The number of hydrogen-bond acceptors (Lipinski definition) is 5. The summed E-state index contributed by atoms with van der Waals surface area (Å²) >= 11 is 3.25. The van der Waals surface area contributed by atoms with Gasteiger partial charge in [-0.15, -0.1) is 0 Å². The molecule has 2 rings (SSSR count). The summed E-state index contributed by atoms with van der Waals surface area (Å²) in [5.41, 5.74) is 1.45. The lowest BCUT2D eigenvalue weighted by molar-refractivity contribution is 0.0696. The van der Waals surface area contributed by atoms with Crippen LogP contribution in [-0.4, -0.2) is 21.4 Å². The summed E-state index contributed by atoms with van der Waals surface area (Å²) < 4.78 is 10.6. The van der Waals surface area contributed by atoms with E-state index in [1.807, 2.05) is 0 Å². The first-order valence-electron chi connectivity index (χ1n) is 5.01. The zero-order chi connectivity index (χ0) is 13.1. The van der Waals surface area contributed by atoms with Crippen LogP contribution in [0.1, 0.15) is 21.7 Å². The van der Waals surface area contributed by atoms with E-state index in [4.69, 9.17) is 9.84 Å². The fourth-order valence-electron chi connectivity index (χ4n) is 1.28. The first kappa shape index (κ1) is 12.6. The Morgan fingerprint density at radius 3 is 2.83 bits per heavy atom. The maximum absolute atomic E-state index is 10.8. The molecule has 0 bridgehead atoms. The van der Waals surface area contributed by atoms with Crippen LogP contribution in [0.3, 0.4) is 0 Å². The van der Waals surface area contributed by atoms with Crippen molar-refractivity contribution in [2.75, 3.05) is 0 Å². The van der Waals surface area contributed by atoms with Gasteiger partial charge in [0.25, 0.3) is 0 Å². The van der Waals surface area contributed by atoms with Gasteiger partial charge in [0.2, 0.25) is 0 Å². The number of aromatic carboxylic acids is 1. The zero-order valence-electron chi connectivity index (χ0n) is 9.38. The molecular formula is C11H9BrN2O4. The highest BCUT2D eigenvalue weighted by Crippen LogP contribution is 2.26. The summed E-state index contributed by atoms with van der Waals surface area (Å²) in [6.45, 7) is 1.97. The fourth-order valence-corrected chi connectivity index (χ4v) is 1.77. The Bertz CT molecular complexity index is 582. The van der Waals surface area contributed by atoms with Crippen molar-refractivity contribution in [3.05, 3.63) is 39.6 Å². The van der Waals surface area contributed by atoms with E-state index in [-0.39, 0.29) is 12.2 Å². The number of carboxylic acids is 1. The number of ether oxygens (including phenoxy) is 1. The highest BCUT2D eigenvalue weighted by Gasteiger charge is 2.10. The van der Waals surface area contributed by atoms with Gasteiger partial charge in [-0.3, -0.25) is 0 Å². The minimum atomic E-state index is -0.987. The number of carboxylic acid groups (broad SMARTS) is 1. The lowest BCUT2D eigenvalue weighted by Crippen LogP contribution is -2.00. The van der Waals surface area contributed by atoms with Crippen LogP contribution in [0.25, 0.3) is 0 Å². The van der Waals surface area contributed by atoms with E-state index in [1.165, 1.54) is 12.1 Å². The van der Waals surface area contributed by atoms with Crippen molar-refractivity contribution in [3.8, 4) is 5.75 Å². The molecule has 0 unspecified atom stereocenters.